The predicted molar refractivity (Wildman–Crippen MR) is 105 cm³/mol. The number of nitrogens with one attached hydrogen (secondary N) is 3. The van der Waals surface area contributed by atoms with E-state index in [-0.39, 0.29) is 5.82 Å². The van der Waals surface area contributed by atoms with Gasteiger partial charge in [0.2, 0.25) is 0 Å². The van der Waals surface area contributed by atoms with Crippen LogP contribution in [0.25, 0.3) is 21.8 Å². The Hall–Kier alpha value is -3.13. The third-order valence-electron chi connectivity index (χ3n) is 4.97. The largest absolute Gasteiger partial charge is 0.369 e. The molecule has 138 valence electrons. The van der Waals surface area contributed by atoms with Gasteiger partial charge in [-0.2, -0.15) is 10.2 Å². The molecule has 1 fully saturated rings. The monoisotopic (exact) mass is 365 g/mol. The number of H-pyrrole nitrogens is 1. The number of hydrogen-bond acceptors (Lipinski definition) is 5. The number of hydrogen-bond donors (Lipinski definition) is 3. The van der Waals surface area contributed by atoms with Crippen LogP contribution in [-0.2, 0) is 7.05 Å². The molecular weight excluding hydrogens is 345 g/mol. The van der Waals surface area contributed by atoms with Gasteiger partial charge in [0, 0.05) is 61.6 Å². The summed E-state index contributed by atoms with van der Waals surface area (Å²) in [5, 5.41) is 19.9. The van der Waals surface area contributed by atoms with Crippen LogP contribution < -0.4 is 15.5 Å². The highest BCUT2D eigenvalue weighted by Crippen LogP contribution is 2.29. The molecule has 1 saturated heterocycles. The highest BCUT2D eigenvalue weighted by Gasteiger charge is 2.14. The summed E-state index contributed by atoms with van der Waals surface area (Å²) >= 11 is 0. The highest BCUT2D eigenvalue weighted by molar-refractivity contribution is 5.94. The predicted octanol–water partition coefficient (Wildman–Crippen LogP) is 2.74. The minimum Gasteiger partial charge on any atom is -0.369 e. The minimum atomic E-state index is -0.351. The van der Waals surface area contributed by atoms with Gasteiger partial charge in [-0.3, -0.25) is 9.78 Å². The molecular formula is C19H20FN7. The molecule has 0 amide bonds. The smallest absolute Gasteiger partial charge is 0.160 e. The first-order chi connectivity index (χ1) is 13.2. The van der Waals surface area contributed by atoms with Gasteiger partial charge >= 0.3 is 0 Å². The second-order valence-corrected chi connectivity index (χ2v) is 6.86. The fraction of sp³-hybridized carbons (Fsp3) is 0.263. The summed E-state index contributed by atoms with van der Waals surface area (Å²) in [4.78, 5) is 2.36. The molecule has 27 heavy (non-hydrogen) atoms. The Morgan fingerprint density at radius 3 is 2.85 bits per heavy atom. The molecule has 0 radical (unpaired) electrons. The number of benzene rings is 2. The molecule has 0 spiro atoms. The fourth-order valence-corrected chi connectivity index (χ4v) is 3.64. The standard InChI is InChI=1S/C19H20FN7/c1-26-11-12-8-13(9-16(20)18(12)25-26)22-19-15-3-2-14(10-17(15)23-24-19)27-6-4-21-5-7-27/h2-3,8-11,21H,4-7H2,1H3,(H2,22,23,24). The fourth-order valence-electron chi connectivity index (χ4n) is 3.64. The first kappa shape index (κ1) is 16.1. The summed E-state index contributed by atoms with van der Waals surface area (Å²) in [6.45, 7) is 3.98. The van der Waals surface area contributed by atoms with Crippen molar-refractivity contribution in [3.63, 3.8) is 0 Å². The molecule has 2 aromatic carbocycles. The van der Waals surface area contributed by atoms with Crippen LogP contribution in [-0.4, -0.2) is 46.2 Å². The molecule has 0 atom stereocenters. The molecule has 5 rings (SSSR count). The van der Waals surface area contributed by atoms with Crippen LogP contribution in [0.2, 0.25) is 0 Å². The van der Waals surface area contributed by atoms with Crippen molar-refractivity contribution in [1.29, 1.82) is 0 Å². The lowest BCUT2D eigenvalue weighted by Gasteiger charge is -2.29. The van der Waals surface area contributed by atoms with Crippen molar-refractivity contribution in [2.45, 2.75) is 0 Å². The molecule has 0 aliphatic carbocycles. The molecule has 4 aromatic rings. The zero-order valence-corrected chi connectivity index (χ0v) is 15.0. The number of anilines is 3. The van der Waals surface area contributed by atoms with Crippen LogP contribution in [0.1, 0.15) is 0 Å². The van der Waals surface area contributed by atoms with E-state index in [1.54, 1.807) is 17.9 Å². The van der Waals surface area contributed by atoms with Crippen LogP contribution in [0.5, 0.6) is 0 Å². The maximum absolute atomic E-state index is 14.3. The van der Waals surface area contributed by atoms with E-state index in [1.807, 2.05) is 6.07 Å². The van der Waals surface area contributed by atoms with Gasteiger partial charge in [0.25, 0.3) is 0 Å². The van der Waals surface area contributed by atoms with E-state index in [2.05, 4.69) is 49.0 Å². The Balaban J connectivity index is 1.46. The minimum absolute atomic E-state index is 0.351. The Morgan fingerprint density at radius 1 is 1.15 bits per heavy atom. The Morgan fingerprint density at radius 2 is 2.00 bits per heavy atom. The first-order valence-corrected chi connectivity index (χ1v) is 9.01. The number of aromatic amines is 1. The zero-order valence-electron chi connectivity index (χ0n) is 15.0. The highest BCUT2D eigenvalue weighted by atomic mass is 19.1. The average Bonchev–Trinajstić information content (AvgIpc) is 3.25. The van der Waals surface area contributed by atoms with Crippen molar-refractivity contribution in [2.75, 3.05) is 36.4 Å². The molecule has 1 aliphatic heterocycles. The first-order valence-electron chi connectivity index (χ1n) is 9.01. The van der Waals surface area contributed by atoms with E-state index >= 15 is 0 Å². The van der Waals surface area contributed by atoms with Gasteiger partial charge in [0.1, 0.15) is 5.52 Å². The molecule has 0 unspecified atom stereocenters. The van der Waals surface area contributed by atoms with Crippen molar-refractivity contribution in [3.8, 4) is 0 Å². The van der Waals surface area contributed by atoms with Gasteiger partial charge in [-0.1, -0.05) is 0 Å². The lowest BCUT2D eigenvalue weighted by molar-refractivity contribution is 0.589. The third-order valence-corrected chi connectivity index (χ3v) is 4.97. The van der Waals surface area contributed by atoms with E-state index in [4.69, 9.17) is 0 Å². The zero-order chi connectivity index (χ0) is 18.4. The maximum atomic E-state index is 14.3. The topological polar surface area (TPSA) is 73.8 Å². The van der Waals surface area contributed by atoms with Crippen LogP contribution in [0, 0.1) is 5.82 Å². The van der Waals surface area contributed by atoms with Crippen LogP contribution in [0.4, 0.5) is 21.6 Å². The summed E-state index contributed by atoms with van der Waals surface area (Å²) in [5.74, 6) is 0.330. The van der Waals surface area contributed by atoms with Gasteiger partial charge in [-0.05, 0) is 30.3 Å². The normalized spacial score (nSPS) is 15.0. The second-order valence-electron chi connectivity index (χ2n) is 6.86. The molecule has 0 saturated carbocycles. The third kappa shape index (κ3) is 2.87. The van der Waals surface area contributed by atoms with Gasteiger partial charge in [-0.25, -0.2) is 4.39 Å². The quantitative estimate of drug-likeness (QED) is 0.521. The molecule has 1 aliphatic rings. The summed E-state index contributed by atoms with van der Waals surface area (Å²) in [7, 11) is 1.78. The van der Waals surface area contributed by atoms with E-state index in [1.165, 1.54) is 11.8 Å². The number of piperazine rings is 1. The van der Waals surface area contributed by atoms with Gasteiger partial charge in [0.05, 0.1) is 5.52 Å². The van der Waals surface area contributed by atoms with E-state index in [0.717, 1.165) is 42.5 Å². The number of aromatic nitrogens is 4. The summed E-state index contributed by atoms with van der Waals surface area (Å²) in [6, 6.07) is 9.60. The van der Waals surface area contributed by atoms with Gasteiger partial charge in [-0.15, -0.1) is 0 Å². The van der Waals surface area contributed by atoms with Crippen LogP contribution in [0.3, 0.4) is 0 Å². The molecule has 0 bridgehead atoms. The summed E-state index contributed by atoms with van der Waals surface area (Å²) in [6.07, 6.45) is 1.80. The van der Waals surface area contributed by atoms with Crippen molar-refractivity contribution < 1.29 is 4.39 Å². The number of halogens is 1. The Labute approximate surface area is 155 Å². The number of rotatable bonds is 3. The molecule has 2 aromatic heterocycles. The van der Waals surface area contributed by atoms with E-state index < -0.39 is 0 Å². The summed E-state index contributed by atoms with van der Waals surface area (Å²) < 4.78 is 15.9. The van der Waals surface area contributed by atoms with Crippen molar-refractivity contribution in [3.05, 3.63) is 42.3 Å². The van der Waals surface area contributed by atoms with E-state index in [9.17, 15) is 4.39 Å². The lowest BCUT2D eigenvalue weighted by atomic mass is 10.2. The van der Waals surface area contributed by atoms with Crippen molar-refractivity contribution in [2.24, 2.45) is 7.05 Å². The second kappa shape index (κ2) is 6.24. The summed E-state index contributed by atoms with van der Waals surface area (Å²) in [5.41, 5.74) is 3.15. The SMILES string of the molecule is Cn1cc2cc(Nc3n[nH]c4cc(N5CCNCC5)ccc34)cc(F)c2n1. The number of nitrogens with zero attached hydrogens (tertiary/aromatic N) is 4. The van der Waals surface area contributed by atoms with Gasteiger partial charge in [0.15, 0.2) is 11.6 Å². The number of fused-ring (bicyclic) bond motifs is 2. The van der Waals surface area contributed by atoms with Crippen molar-refractivity contribution in [1.82, 2.24) is 25.3 Å². The van der Waals surface area contributed by atoms with E-state index in [0.29, 0.717) is 17.0 Å². The van der Waals surface area contributed by atoms with Crippen LogP contribution in [0.15, 0.2) is 36.5 Å². The van der Waals surface area contributed by atoms with Gasteiger partial charge < -0.3 is 15.5 Å². The molecule has 7 nitrogen and oxygen atoms in total. The average molecular weight is 365 g/mol. The number of aryl methyl sites for hydroxylation is 1. The Bertz CT molecular complexity index is 1120. The Kier molecular flexibility index (Phi) is 3.71. The lowest BCUT2D eigenvalue weighted by Crippen LogP contribution is -2.43. The molecule has 3 heterocycles. The van der Waals surface area contributed by atoms with Crippen molar-refractivity contribution >= 4 is 39.0 Å². The molecule has 8 heteroatoms. The molecule has 3 N–H and O–H groups in total. The van der Waals surface area contributed by atoms with Crippen LogP contribution >= 0.6 is 0 Å². The maximum Gasteiger partial charge on any atom is 0.160 e.